The quantitative estimate of drug-likeness (QED) is 0.116. The molecule has 0 unspecified atom stereocenters. The van der Waals surface area contributed by atoms with Crippen LogP contribution in [0.1, 0.15) is 29.7 Å². The third-order valence-corrected chi connectivity index (χ3v) is 12.0. The summed E-state index contributed by atoms with van der Waals surface area (Å²) in [5.74, 6) is 0. The Kier molecular flexibility index (Phi) is 16.4. The van der Waals surface area contributed by atoms with Crippen molar-refractivity contribution in [2.24, 2.45) is 0 Å². The van der Waals surface area contributed by atoms with E-state index in [0.717, 1.165) is 55.9 Å². The molecule has 0 radical (unpaired) electrons. The number of fused-ring (bicyclic) bond motifs is 2. The van der Waals surface area contributed by atoms with E-state index in [1.54, 1.807) is 0 Å². The van der Waals surface area contributed by atoms with E-state index in [2.05, 4.69) is 242 Å². The molecule has 9 rings (SSSR count). The molecule has 338 valence electrons. The van der Waals surface area contributed by atoms with Crippen molar-refractivity contribution in [3.05, 3.63) is 297 Å². The van der Waals surface area contributed by atoms with Crippen LogP contribution in [0, 0.1) is 6.92 Å². The Morgan fingerprint density at radius 1 is 0.565 bits per heavy atom. The van der Waals surface area contributed by atoms with Gasteiger partial charge in [-0.25, -0.2) is 0 Å². The van der Waals surface area contributed by atoms with E-state index in [4.69, 9.17) is 0 Å². The fourth-order valence-electron chi connectivity index (χ4n) is 8.34. The second-order valence-electron chi connectivity index (χ2n) is 16.7. The second-order valence-corrected chi connectivity index (χ2v) is 16.7. The average molecular weight is 894 g/mol. The van der Waals surface area contributed by atoms with Crippen LogP contribution in [-0.4, -0.2) is 11.6 Å². The van der Waals surface area contributed by atoms with Crippen LogP contribution in [0.4, 0.5) is 11.4 Å². The summed E-state index contributed by atoms with van der Waals surface area (Å²) in [7, 11) is 2.11. The van der Waals surface area contributed by atoms with E-state index in [0.29, 0.717) is 0 Å². The van der Waals surface area contributed by atoms with E-state index >= 15 is 0 Å². The summed E-state index contributed by atoms with van der Waals surface area (Å²) in [5, 5.41) is 6.88. The molecule has 0 amide bonds. The Bertz CT molecular complexity index is 3230. The monoisotopic (exact) mass is 893 g/mol. The second kappa shape index (κ2) is 24.2. The van der Waals surface area contributed by atoms with Crippen molar-refractivity contribution >= 4 is 44.7 Å². The lowest BCUT2D eigenvalue weighted by Crippen LogP contribution is -2.08. The molecular weight excluding hydrogens is 835 g/mol. The lowest BCUT2D eigenvalue weighted by Gasteiger charge is -2.19. The van der Waals surface area contributed by atoms with Crippen LogP contribution < -0.4 is 10.2 Å². The highest BCUT2D eigenvalue weighted by molar-refractivity contribution is 5.97. The molecule has 3 heteroatoms. The first-order valence-electron chi connectivity index (χ1n) is 23.7. The lowest BCUT2D eigenvalue weighted by molar-refractivity contribution is 1.04. The summed E-state index contributed by atoms with van der Waals surface area (Å²) in [6, 6.07) is 69.2. The maximum absolute atomic E-state index is 4.05. The molecule has 0 saturated heterocycles. The first-order chi connectivity index (χ1) is 34.1. The number of anilines is 2. The van der Waals surface area contributed by atoms with Gasteiger partial charge in [0, 0.05) is 42.2 Å². The number of benzene rings is 7. The first-order valence-corrected chi connectivity index (χ1v) is 23.7. The van der Waals surface area contributed by atoms with Crippen molar-refractivity contribution in [2.75, 3.05) is 11.9 Å². The molecule has 3 nitrogen and oxygen atoms in total. The Balaban J connectivity index is 0.000000993. The predicted molar refractivity (Wildman–Crippen MR) is 300 cm³/mol. The summed E-state index contributed by atoms with van der Waals surface area (Å²) in [6.07, 6.45) is 31.0. The number of allylic oxidation sites excluding steroid dienone is 12. The van der Waals surface area contributed by atoms with Gasteiger partial charge in [-0.3, -0.25) is 0 Å². The SMILES string of the molecule is C1=CCCC=C1.C=C/C=C(\C=C/N/C=C/C=C\C=C/c1ccccc1)c1ccc2c(ccc(-c3ccc(N(C)c4ccccc4)cc3)ccc(C)n2-c2ccc(-c3cccc4ccccc34)cc2)c1. The maximum atomic E-state index is 4.05. The molecule has 1 heterocycles. The fraction of sp³-hybridized carbons (Fsp3) is 0.0606. The minimum atomic E-state index is 1.04. The number of aromatic nitrogens is 1. The topological polar surface area (TPSA) is 20.2 Å². The molecule has 0 atom stereocenters. The number of hydrogen-bond donors (Lipinski definition) is 1. The number of para-hydroxylation sites is 1. The lowest BCUT2D eigenvalue weighted by atomic mass is 9.98. The zero-order chi connectivity index (χ0) is 47.5. The standard InChI is InChI=1S/C60H51N3.C6H8/c1-4-18-48(42-44-61-43-16-6-5-9-19-47-20-10-7-11-21-47)53-36-41-60-54(45-53)31-30-49(50-32-37-56(38-33-50)62(3)55-24-12-8-13-25-55)29-28-46(2)63(60)57-39-34-52(35-40-57)59-27-17-23-51-22-14-15-26-58(51)59;1-2-4-6-5-3-1/h4-45,61H,1H2,2-3H3;1-4H,5-6H2/b6-5-,19-9-,31-30?,43-16+,44-42-,46-28?,48-18+,49-29?;. The smallest absolute Gasteiger partial charge is 0.0531 e. The summed E-state index contributed by atoms with van der Waals surface area (Å²) < 4.78 is 2.36. The molecule has 69 heavy (non-hydrogen) atoms. The van der Waals surface area contributed by atoms with Gasteiger partial charge in [0.15, 0.2) is 0 Å². The third kappa shape index (κ3) is 12.6. The molecule has 1 aliphatic carbocycles. The minimum Gasteiger partial charge on any atom is -0.368 e. The van der Waals surface area contributed by atoms with Crippen molar-refractivity contribution in [3.63, 3.8) is 0 Å². The highest BCUT2D eigenvalue weighted by Crippen LogP contribution is 2.32. The van der Waals surface area contributed by atoms with Gasteiger partial charge in [0.2, 0.25) is 0 Å². The number of hydrogen-bond acceptors (Lipinski definition) is 2. The van der Waals surface area contributed by atoms with E-state index in [1.165, 1.54) is 40.3 Å². The first kappa shape index (κ1) is 46.9. The van der Waals surface area contributed by atoms with Crippen LogP contribution in [-0.2, 0) is 0 Å². The van der Waals surface area contributed by atoms with Crippen LogP contribution in [0.5, 0.6) is 0 Å². The Morgan fingerprint density at radius 2 is 1.20 bits per heavy atom. The van der Waals surface area contributed by atoms with Gasteiger partial charge in [-0.1, -0.05) is 207 Å². The maximum Gasteiger partial charge on any atom is 0.0531 e. The molecule has 0 aliphatic heterocycles. The highest BCUT2D eigenvalue weighted by atomic mass is 15.1. The van der Waals surface area contributed by atoms with Gasteiger partial charge in [-0.05, 0) is 142 Å². The zero-order valence-electron chi connectivity index (χ0n) is 39.6. The summed E-state index contributed by atoms with van der Waals surface area (Å²) >= 11 is 0. The minimum absolute atomic E-state index is 1.04. The predicted octanol–water partition coefficient (Wildman–Crippen LogP) is 17.7. The van der Waals surface area contributed by atoms with Crippen molar-refractivity contribution in [1.29, 1.82) is 0 Å². The van der Waals surface area contributed by atoms with Crippen LogP contribution in [0.3, 0.4) is 0 Å². The summed E-state index contributed by atoms with van der Waals surface area (Å²) in [5.41, 5.74) is 13.5. The zero-order valence-corrected chi connectivity index (χ0v) is 39.6. The summed E-state index contributed by atoms with van der Waals surface area (Å²) in [6.45, 7) is 6.23. The van der Waals surface area contributed by atoms with Crippen molar-refractivity contribution < 1.29 is 0 Å². The summed E-state index contributed by atoms with van der Waals surface area (Å²) in [4.78, 5) is 2.21. The molecule has 0 fully saturated rings. The molecule has 0 saturated carbocycles. The Morgan fingerprint density at radius 3 is 1.93 bits per heavy atom. The Hall–Kier alpha value is -8.66. The molecular formula is C66H59N3. The number of nitrogens with one attached hydrogen (secondary N) is 1. The van der Waals surface area contributed by atoms with Gasteiger partial charge in [-0.2, -0.15) is 0 Å². The van der Waals surface area contributed by atoms with E-state index < -0.39 is 0 Å². The van der Waals surface area contributed by atoms with Crippen molar-refractivity contribution in [3.8, 4) is 27.9 Å². The average Bonchev–Trinajstić information content (AvgIpc) is 3.48. The fourth-order valence-corrected chi connectivity index (χ4v) is 8.34. The van der Waals surface area contributed by atoms with E-state index in [-0.39, 0.29) is 0 Å². The van der Waals surface area contributed by atoms with Gasteiger partial charge in [-0.15, -0.1) is 0 Å². The van der Waals surface area contributed by atoms with E-state index in [1.807, 2.05) is 73.1 Å². The molecule has 1 aliphatic rings. The van der Waals surface area contributed by atoms with Crippen molar-refractivity contribution in [1.82, 2.24) is 9.88 Å². The molecule has 8 aromatic rings. The number of rotatable bonds is 13. The third-order valence-electron chi connectivity index (χ3n) is 12.0. The van der Waals surface area contributed by atoms with Gasteiger partial charge in [0.25, 0.3) is 0 Å². The van der Waals surface area contributed by atoms with Crippen LogP contribution >= 0.6 is 0 Å². The van der Waals surface area contributed by atoms with Crippen molar-refractivity contribution in [2.45, 2.75) is 19.8 Å². The van der Waals surface area contributed by atoms with Crippen LogP contribution in [0.15, 0.2) is 280 Å². The van der Waals surface area contributed by atoms with Gasteiger partial charge in [0.05, 0.1) is 5.52 Å². The molecule has 7 aromatic carbocycles. The number of nitrogens with zero attached hydrogens (tertiary/aromatic N) is 2. The largest absolute Gasteiger partial charge is 0.368 e. The molecule has 0 bridgehead atoms. The van der Waals surface area contributed by atoms with E-state index in [9.17, 15) is 0 Å². The molecule has 1 N–H and O–H groups in total. The number of aryl methyl sites for hydroxylation is 1. The normalized spacial score (nSPS) is 12.5. The molecule has 0 spiro atoms. The van der Waals surface area contributed by atoms with Gasteiger partial charge in [0.1, 0.15) is 0 Å². The van der Waals surface area contributed by atoms with Gasteiger partial charge < -0.3 is 14.8 Å². The van der Waals surface area contributed by atoms with Crippen LogP contribution in [0.25, 0.3) is 61.3 Å². The van der Waals surface area contributed by atoms with Gasteiger partial charge >= 0.3 is 0 Å². The molecule has 1 aromatic heterocycles. The highest BCUT2D eigenvalue weighted by Gasteiger charge is 2.10. The van der Waals surface area contributed by atoms with Crippen LogP contribution in [0.2, 0.25) is 0 Å². The Labute approximate surface area is 409 Å².